The van der Waals surface area contributed by atoms with Crippen molar-refractivity contribution in [3.8, 4) is 22.6 Å². The van der Waals surface area contributed by atoms with Crippen molar-refractivity contribution < 1.29 is 9.47 Å². The van der Waals surface area contributed by atoms with Gasteiger partial charge in [-0.3, -0.25) is 4.68 Å². The van der Waals surface area contributed by atoms with Crippen molar-refractivity contribution in [1.29, 1.82) is 0 Å². The SMILES string of the molecule is COc1ccc2ccc(OC)c(-c3cnn(C)c3N)c2c1. The summed E-state index contributed by atoms with van der Waals surface area (Å²) in [6, 6.07) is 9.90. The summed E-state index contributed by atoms with van der Waals surface area (Å²) in [6.45, 7) is 0. The zero-order valence-electron chi connectivity index (χ0n) is 12.3. The Morgan fingerprint density at radius 1 is 1.10 bits per heavy atom. The zero-order valence-corrected chi connectivity index (χ0v) is 12.3. The summed E-state index contributed by atoms with van der Waals surface area (Å²) in [4.78, 5) is 0. The maximum absolute atomic E-state index is 6.13. The molecule has 5 nitrogen and oxygen atoms in total. The first kappa shape index (κ1) is 13.3. The summed E-state index contributed by atoms with van der Waals surface area (Å²) >= 11 is 0. The van der Waals surface area contributed by atoms with Crippen LogP contribution in [-0.2, 0) is 7.05 Å². The van der Waals surface area contributed by atoms with Crippen molar-refractivity contribution in [2.45, 2.75) is 0 Å². The number of nitrogen functional groups attached to an aromatic ring is 1. The lowest BCUT2D eigenvalue weighted by Gasteiger charge is -2.13. The molecule has 5 heteroatoms. The van der Waals surface area contributed by atoms with E-state index < -0.39 is 0 Å². The van der Waals surface area contributed by atoms with Gasteiger partial charge >= 0.3 is 0 Å². The largest absolute Gasteiger partial charge is 0.497 e. The fourth-order valence-electron chi connectivity index (χ4n) is 2.49. The van der Waals surface area contributed by atoms with Crippen molar-refractivity contribution in [2.24, 2.45) is 7.05 Å². The highest BCUT2D eigenvalue weighted by Gasteiger charge is 2.16. The highest BCUT2D eigenvalue weighted by Crippen LogP contribution is 2.40. The van der Waals surface area contributed by atoms with E-state index in [1.54, 1.807) is 25.1 Å². The third kappa shape index (κ3) is 2.07. The smallest absolute Gasteiger partial charge is 0.129 e. The van der Waals surface area contributed by atoms with Gasteiger partial charge in [-0.2, -0.15) is 5.10 Å². The lowest BCUT2D eigenvalue weighted by Crippen LogP contribution is -1.99. The van der Waals surface area contributed by atoms with E-state index in [0.717, 1.165) is 33.4 Å². The average molecular weight is 283 g/mol. The summed E-state index contributed by atoms with van der Waals surface area (Å²) in [5.74, 6) is 2.15. The molecule has 0 saturated heterocycles. The standard InChI is InChI=1S/C16H17N3O2/c1-19-16(17)13(9-18-19)15-12-8-11(20-2)6-4-10(12)5-7-14(15)21-3/h4-9H,17H2,1-3H3. The summed E-state index contributed by atoms with van der Waals surface area (Å²) in [5.41, 5.74) is 7.92. The van der Waals surface area contributed by atoms with Crippen LogP contribution in [0.3, 0.4) is 0 Å². The molecule has 21 heavy (non-hydrogen) atoms. The Bertz CT molecular complexity index is 803. The number of rotatable bonds is 3. The molecule has 0 atom stereocenters. The molecule has 0 unspecified atom stereocenters. The second-order valence-corrected chi connectivity index (χ2v) is 4.80. The van der Waals surface area contributed by atoms with Crippen molar-refractivity contribution in [2.75, 3.05) is 20.0 Å². The van der Waals surface area contributed by atoms with Gasteiger partial charge in [-0.1, -0.05) is 12.1 Å². The molecule has 0 aliphatic carbocycles. The second-order valence-electron chi connectivity index (χ2n) is 4.80. The van der Waals surface area contributed by atoms with Gasteiger partial charge in [0.05, 0.1) is 20.4 Å². The molecule has 0 bridgehead atoms. The molecule has 0 aliphatic heterocycles. The molecule has 2 aromatic carbocycles. The van der Waals surface area contributed by atoms with E-state index in [1.807, 2.05) is 37.4 Å². The Labute approximate surface area is 122 Å². The number of hydrogen-bond donors (Lipinski definition) is 1. The Kier molecular flexibility index (Phi) is 3.17. The number of ether oxygens (including phenoxy) is 2. The Morgan fingerprint density at radius 2 is 1.86 bits per heavy atom. The minimum atomic E-state index is 0.601. The number of methoxy groups -OCH3 is 2. The predicted molar refractivity (Wildman–Crippen MR) is 83.7 cm³/mol. The van der Waals surface area contributed by atoms with Gasteiger partial charge in [0.15, 0.2) is 0 Å². The molecular formula is C16H17N3O2. The number of hydrogen-bond acceptors (Lipinski definition) is 4. The minimum Gasteiger partial charge on any atom is -0.497 e. The molecule has 1 heterocycles. The van der Waals surface area contributed by atoms with Crippen molar-refractivity contribution in [1.82, 2.24) is 9.78 Å². The molecule has 1 aromatic heterocycles. The fourth-order valence-corrected chi connectivity index (χ4v) is 2.49. The summed E-state index contributed by atoms with van der Waals surface area (Å²) in [6.07, 6.45) is 1.76. The summed E-state index contributed by atoms with van der Waals surface area (Å²) in [5, 5.41) is 6.34. The van der Waals surface area contributed by atoms with Gasteiger partial charge in [-0.15, -0.1) is 0 Å². The molecule has 0 amide bonds. The number of nitrogens with zero attached hydrogens (tertiary/aromatic N) is 2. The van der Waals surface area contributed by atoms with E-state index >= 15 is 0 Å². The topological polar surface area (TPSA) is 62.3 Å². The number of nitrogens with two attached hydrogens (primary N) is 1. The Morgan fingerprint density at radius 3 is 2.48 bits per heavy atom. The van der Waals surface area contributed by atoms with Crippen molar-refractivity contribution >= 4 is 16.6 Å². The zero-order chi connectivity index (χ0) is 15.0. The van der Waals surface area contributed by atoms with Crippen LogP contribution in [0.25, 0.3) is 21.9 Å². The quantitative estimate of drug-likeness (QED) is 0.803. The van der Waals surface area contributed by atoms with Crippen molar-refractivity contribution in [3.63, 3.8) is 0 Å². The first-order valence-electron chi connectivity index (χ1n) is 6.58. The maximum atomic E-state index is 6.13. The second kappa shape index (κ2) is 5.01. The normalized spacial score (nSPS) is 10.8. The van der Waals surface area contributed by atoms with E-state index in [9.17, 15) is 0 Å². The van der Waals surface area contributed by atoms with Crippen molar-refractivity contribution in [3.05, 3.63) is 36.5 Å². The third-order valence-electron chi connectivity index (χ3n) is 3.66. The highest BCUT2D eigenvalue weighted by atomic mass is 16.5. The fraction of sp³-hybridized carbons (Fsp3) is 0.188. The average Bonchev–Trinajstić information content (AvgIpc) is 2.85. The Balaban J connectivity index is 2.39. The highest BCUT2D eigenvalue weighted by molar-refractivity contribution is 6.02. The molecule has 2 N–H and O–H groups in total. The third-order valence-corrected chi connectivity index (χ3v) is 3.66. The first-order valence-corrected chi connectivity index (χ1v) is 6.58. The summed E-state index contributed by atoms with van der Waals surface area (Å²) in [7, 11) is 5.12. The van der Waals surface area contributed by atoms with E-state index in [0.29, 0.717) is 5.82 Å². The van der Waals surface area contributed by atoms with Gasteiger partial charge in [0.25, 0.3) is 0 Å². The van der Waals surface area contributed by atoms with E-state index in [1.165, 1.54) is 0 Å². The van der Waals surface area contributed by atoms with Gasteiger partial charge in [0, 0.05) is 18.2 Å². The van der Waals surface area contributed by atoms with E-state index in [-0.39, 0.29) is 0 Å². The molecule has 0 fully saturated rings. The molecule has 3 rings (SSSR count). The number of benzene rings is 2. The molecule has 3 aromatic rings. The van der Waals surface area contributed by atoms with Crippen LogP contribution in [0.4, 0.5) is 5.82 Å². The maximum Gasteiger partial charge on any atom is 0.129 e. The van der Waals surface area contributed by atoms with Crippen LogP contribution in [0, 0.1) is 0 Å². The first-order chi connectivity index (χ1) is 10.2. The number of aromatic nitrogens is 2. The summed E-state index contributed by atoms with van der Waals surface area (Å²) < 4.78 is 12.5. The van der Waals surface area contributed by atoms with Gasteiger partial charge in [-0.25, -0.2) is 0 Å². The van der Waals surface area contributed by atoms with Crippen LogP contribution >= 0.6 is 0 Å². The van der Waals surface area contributed by atoms with E-state index in [2.05, 4.69) is 5.10 Å². The monoisotopic (exact) mass is 283 g/mol. The van der Waals surface area contributed by atoms with Crippen LogP contribution in [0.5, 0.6) is 11.5 Å². The van der Waals surface area contributed by atoms with Gasteiger partial charge in [0.1, 0.15) is 17.3 Å². The molecular weight excluding hydrogens is 266 g/mol. The predicted octanol–water partition coefficient (Wildman–Crippen LogP) is 2.84. The Hall–Kier alpha value is -2.69. The number of fused-ring (bicyclic) bond motifs is 1. The van der Waals surface area contributed by atoms with E-state index in [4.69, 9.17) is 15.2 Å². The number of aryl methyl sites for hydroxylation is 1. The lowest BCUT2D eigenvalue weighted by molar-refractivity contribution is 0.414. The lowest BCUT2D eigenvalue weighted by atomic mass is 9.98. The van der Waals surface area contributed by atoms with Crippen LogP contribution in [0.15, 0.2) is 36.5 Å². The van der Waals surface area contributed by atoms with Crippen LogP contribution in [0.2, 0.25) is 0 Å². The molecule has 0 radical (unpaired) electrons. The minimum absolute atomic E-state index is 0.601. The molecule has 0 aliphatic rings. The van der Waals surface area contributed by atoms with Gasteiger partial charge < -0.3 is 15.2 Å². The molecule has 108 valence electrons. The van der Waals surface area contributed by atoms with Gasteiger partial charge in [0.2, 0.25) is 0 Å². The molecule has 0 saturated carbocycles. The van der Waals surface area contributed by atoms with Crippen LogP contribution in [0.1, 0.15) is 0 Å². The number of anilines is 1. The van der Waals surface area contributed by atoms with Crippen LogP contribution in [-0.4, -0.2) is 24.0 Å². The van der Waals surface area contributed by atoms with Crippen LogP contribution < -0.4 is 15.2 Å². The molecule has 0 spiro atoms. The van der Waals surface area contributed by atoms with Gasteiger partial charge in [-0.05, 0) is 29.0 Å².